The fourth-order valence-corrected chi connectivity index (χ4v) is 2.90. The van der Waals surface area contributed by atoms with E-state index < -0.39 is 0 Å². The van der Waals surface area contributed by atoms with Crippen LogP contribution in [0.15, 0.2) is 40.9 Å². The third kappa shape index (κ3) is 4.00. The lowest BCUT2D eigenvalue weighted by Crippen LogP contribution is -2.15. The molecule has 0 unspecified atom stereocenters. The molecule has 0 atom stereocenters. The second-order valence-corrected chi connectivity index (χ2v) is 6.71. The molecule has 1 fully saturated rings. The lowest BCUT2D eigenvalue weighted by molar-refractivity contribution is 0.479. The van der Waals surface area contributed by atoms with Crippen molar-refractivity contribution < 1.29 is 4.74 Å². The standard InChI is InChI=1S/C17H17BrClNO/c1-11-2-7-17(15(18)8-11)21-14-6-3-12(16(19)9-14)10-20-13-4-5-13/h2-3,6-9,13,20H,4-5,10H2,1H3. The minimum absolute atomic E-state index is 0.681. The van der Waals surface area contributed by atoms with E-state index in [9.17, 15) is 0 Å². The maximum Gasteiger partial charge on any atom is 0.141 e. The fourth-order valence-electron chi connectivity index (χ4n) is 2.09. The summed E-state index contributed by atoms with van der Waals surface area (Å²) in [6.45, 7) is 2.87. The van der Waals surface area contributed by atoms with Gasteiger partial charge < -0.3 is 10.1 Å². The number of halogens is 2. The number of aryl methyl sites for hydroxylation is 1. The van der Waals surface area contributed by atoms with Crippen molar-refractivity contribution in [3.05, 3.63) is 57.0 Å². The first-order valence-electron chi connectivity index (χ1n) is 7.07. The second kappa shape index (κ2) is 6.39. The molecule has 4 heteroatoms. The topological polar surface area (TPSA) is 21.3 Å². The molecular weight excluding hydrogens is 350 g/mol. The van der Waals surface area contributed by atoms with Gasteiger partial charge in [0.25, 0.3) is 0 Å². The highest BCUT2D eigenvalue weighted by Crippen LogP contribution is 2.32. The Kier molecular flexibility index (Phi) is 4.53. The summed E-state index contributed by atoms with van der Waals surface area (Å²) in [7, 11) is 0. The predicted molar refractivity (Wildman–Crippen MR) is 90.3 cm³/mol. The Labute approximate surface area is 138 Å². The molecule has 0 aromatic heterocycles. The van der Waals surface area contributed by atoms with Crippen molar-refractivity contribution in [3.8, 4) is 11.5 Å². The van der Waals surface area contributed by atoms with E-state index >= 15 is 0 Å². The predicted octanol–water partition coefficient (Wildman–Crippen LogP) is 5.46. The zero-order chi connectivity index (χ0) is 14.8. The third-order valence-electron chi connectivity index (χ3n) is 3.50. The Bertz CT molecular complexity index is 655. The molecule has 1 N–H and O–H groups in total. The smallest absolute Gasteiger partial charge is 0.141 e. The summed E-state index contributed by atoms with van der Waals surface area (Å²) in [5, 5.41) is 4.21. The highest BCUT2D eigenvalue weighted by atomic mass is 79.9. The minimum atomic E-state index is 0.681. The molecule has 2 nitrogen and oxygen atoms in total. The van der Waals surface area contributed by atoms with Crippen molar-refractivity contribution in [2.45, 2.75) is 32.4 Å². The molecule has 0 bridgehead atoms. The summed E-state index contributed by atoms with van der Waals surface area (Å²) >= 11 is 9.85. The molecule has 110 valence electrons. The van der Waals surface area contributed by atoms with Gasteiger partial charge in [-0.2, -0.15) is 0 Å². The van der Waals surface area contributed by atoms with Crippen LogP contribution in [0.1, 0.15) is 24.0 Å². The van der Waals surface area contributed by atoms with Gasteiger partial charge in [0.1, 0.15) is 11.5 Å². The molecule has 0 amide bonds. The van der Waals surface area contributed by atoms with Gasteiger partial charge in [-0.05, 0) is 71.1 Å². The van der Waals surface area contributed by atoms with Crippen molar-refractivity contribution >= 4 is 27.5 Å². The van der Waals surface area contributed by atoms with Crippen LogP contribution in [0.25, 0.3) is 0 Å². The van der Waals surface area contributed by atoms with Gasteiger partial charge in [-0.25, -0.2) is 0 Å². The van der Waals surface area contributed by atoms with E-state index in [-0.39, 0.29) is 0 Å². The zero-order valence-corrected chi connectivity index (χ0v) is 14.2. The molecule has 1 saturated carbocycles. The molecular formula is C17H17BrClNO. The molecule has 3 rings (SSSR count). The van der Waals surface area contributed by atoms with Gasteiger partial charge in [-0.3, -0.25) is 0 Å². The molecule has 2 aromatic carbocycles. The van der Waals surface area contributed by atoms with Crippen molar-refractivity contribution in [1.82, 2.24) is 5.32 Å². The summed E-state index contributed by atoms with van der Waals surface area (Å²) in [6.07, 6.45) is 2.56. The highest BCUT2D eigenvalue weighted by molar-refractivity contribution is 9.10. The zero-order valence-electron chi connectivity index (χ0n) is 11.8. The second-order valence-electron chi connectivity index (χ2n) is 5.44. The first-order chi connectivity index (χ1) is 10.1. The molecule has 0 spiro atoms. The number of rotatable bonds is 5. The maximum atomic E-state index is 6.33. The third-order valence-corrected chi connectivity index (χ3v) is 4.47. The highest BCUT2D eigenvalue weighted by Gasteiger charge is 2.20. The molecule has 0 radical (unpaired) electrons. The summed E-state index contributed by atoms with van der Waals surface area (Å²) in [5.41, 5.74) is 2.30. The average molecular weight is 367 g/mol. The van der Waals surface area contributed by atoms with Gasteiger partial charge in [0.15, 0.2) is 0 Å². The number of hydrogen-bond acceptors (Lipinski definition) is 2. The SMILES string of the molecule is Cc1ccc(Oc2ccc(CNC3CC3)c(Cl)c2)c(Br)c1. The largest absolute Gasteiger partial charge is 0.456 e. The van der Waals surface area contributed by atoms with Crippen LogP contribution in [0.3, 0.4) is 0 Å². The molecule has 1 aliphatic carbocycles. The number of nitrogens with one attached hydrogen (secondary N) is 1. The lowest BCUT2D eigenvalue weighted by Gasteiger charge is -2.11. The minimum Gasteiger partial charge on any atom is -0.456 e. The van der Waals surface area contributed by atoms with Crippen LogP contribution < -0.4 is 10.1 Å². The Morgan fingerprint density at radius 2 is 2.05 bits per heavy atom. The van der Waals surface area contributed by atoms with Crippen LogP contribution in [0.4, 0.5) is 0 Å². The molecule has 21 heavy (non-hydrogen) atoms. The van der Waals surface area contributed by atoms with Crippen LogP contribution in [0.2, 0.25) is 5.02 Å². The Morgan fingerprint density at radius 1 is 1.24 bits per heavy atom. The number of ether oxygens (including phenoxy) is 1. The lowest BCUT2D eigenvalue weighted by atomic mass is 10.2. The Balaban J connectivity index is 1.71. The monoisotopic (exact) mass is 365 g/mol. The van der Waals surface area contributed by atoms with E-state index in [4.69, 9.17) is 16.3 Å². The maximum absolute atomic E-state index is 6.33. The van der Waals surface area contributed by atoms with Gasteiger partial charge in [0.05, 0.1) is 4.47 Å². The van der Waals surface area contributed by atoms with Gasteiger partial charge in [-0.1, -0.05) is 23.7 Å². The molecule has 2 aromatic rings. The van der Waals surface area contributed by atoms with E-state index in [1.54, 1.807) is 0 Å². The van der Waals surface area contributed by atoms with Gasteiger partial charge >= 0.3 is 0 Å². The van der Waals surface area contributed by atoms with E-state index in [0.717, 1.165) is 33.1 Å². The number of hydrogen-bond donors (Lipinski definition) is 1. The Hall–Kier alpha value is -1.03. The summed E-state index contributed by atoms with van der Waals surface area (Å²) in [4.78, 5) is 0. The van der Waals surface area contributed by atoms with Crippen LogP contribution >= 0.6 is 27.5 Å². The molecule has 0 heterocycles. The molecule has 1 aliphatic rings. The van der Waals surface area contributed by atoms with Crippen LogP contribution in [-0.4, -0.2) is 6.04 Å². The van der Waals surface area contributed by atoms with Gasteiger partial charge in [0, 0.05) is 17.6 Å². The van der Waals surface area contributed by atoms with Crippen molar-refractivity contribution in [2.24, 2.45) is 0 Å². The van der Waals surface area contributed by atoms with E-state index in [2.05, 4.69) is 21.2 Å². The van der Waals surface area contributed by atoms with Crippen LogP contribution in [-0.2, 0) is 6.54 Å². The van der Waals surface area contributed by atoms with Crippen molar-refractivity contribution in [2.75, 3.05) is 0 Å². The summed E-state index contributed by atoms with van der Waals surface area (Å²) in [5.74, 6) is 1.54. The first kappa shape index (κ1) is 14.9. The Morgan fingerprint density at radius 3 is 2.71 bits per heavy atom. The summed E-state index contributed by atoms with van der Waals surface area (Å²) in [6, 6.07) is 12.5. The quantitative estimate of drug-likeness (QED) is 0.759. The molecule has 0 saturated heterocycles. The number of benzene rings is 2. The van der Waals surface area contributed by atoms with Crippen LogP contribution in [0, 0.1) is 6.92 Å². The summed E-state index contributed by atoms with van der Waals surface area (Å²) < 4.78 is 6.83. The average Bonchev–Trinajstić information content (AvgIpc) is 3.25. The van der Waals surface area contributed by atoms with E-state index in [0.29, 0.717) is 6.04 Å². The van der Waals surface area contributed by atoms with E-state index in [1.807, 2.05) is 43.3 Å². The molecule has 0 aliphatic heterocycles. The normalized spacial score (nSPS) is 14.2. The van der Waals surface area contributed by atoms with Crippen molar-refractivity contribution in [3.63, 3.8) is 0 Å². The van der Waals surface area contributed by atoms with Crippen LogP contribution in [0.5, 0.6) is 11.5 Å². The van der Waals surface area contributed by atoms with Crippen molar-refractivity contribution in [1.29, 1.82) is 0 Å². The van der Waals surface area contributed by atoms with Gasteiger partial charge in [-0.15, -0.1) is 0 Å². The fraction of sp³-hybridized carbons (Fsp3) is 0.294. The van der Waals surface area contributed by atoms with Gasteiger partial charge in [0.2, 0.25) is 0 Å². The first-order valence-corrected chi connectivity index (χ1v) is 8.25. The van der Waals surface area contributed by atoms with E-state index in [1.165, 1.54) is 18.4 Å².